The Labute approximate surface area is 75.2 Å². The fourth-order valence-corrected chi connectivity index (χ4v) is 1.05. The first-order valence-corrected chi connectivity index (χ1v) is 4.28. The van der Waals surface area contributed by atoms with Crippen LogP contribution >= 0.6 is 34.8 Å². The van der Waals surface area contributed by atoms with E-state index in [-0.39, 0.29) is 6.04 Å². The molecule has 0 rings (SSSR count). The highest BCUT2D eigenvalue weighted by atomic mass is 35.5. The van der Waals surface area contributed by atoms with Crippen molar-refractivity contribution in [2.24, 2.45) is 5.73 Å². The standard InChI is InChI=1S/C5H10Cl3NO/c6-2-1-3(9)4(7)5(8)10/h3-5,10H,1-2,9H2. The van der Waals surface area contributed by atoms with Crippen molar-refractivity contribution < 1.29 is 5.11 Å². The predicted molar refractivity (Wildman–Crippen MR) is 44.8 cm³/mol. The van der Waals surface area contributed by atoms with Crippen molar-refractivity contribution in [3.63, 3.8) is 0 Å². The van der Waals surface area contributed by atoms with E-state index in [2.05, 4.69) is 0 Å². The van der Waals surface area contributed by atoms with E-state index in [1.807, 2.05) is 0 Å². The number of nitrogens with two attached hydrogens (primary N) is 1. The zero-order chi connectivity index (χ0) is 8.15. The lowest BCUT2D eigenvalue weighted by atomic mass is 10.2. The van der Waals surface area contributed by atoms with Crippen molar-refractivity contribution in [2.75, 3.05) is 5.88 Å². The van der Waals surface area contributed by atoms with Crippen molar-refractivity contribution in [1.82, 2.24) is 0 Å². The number of alkyl halides is 3. The van der Waals surface area contributed by atoms with Gasteiger partial charge in [0.25, 0.3) is 0 Å². The summed E-state index contributed by atoms with van der Waals surface area (Å²) in [5, 5.41) is 8.10. The molecule has 0 spiro atoms. The van der Waals surface area contributed by atoms with Crippen LogP contribution in [0.3, 0.4) is 0 Å². The van der Waals surface area contributed by atoms with E-state index in [0.717, 1.165) is 0 Å². The quantitative estimate of drug-likeness (QED) is 0.677. The first-order valence-electron chi connectivity index (χ1n) is 2.87. The number of hydrogen-bond donors (Lipinski definition) is 2. The molecule has 62 valence electrons. The zero-order valence-electron chi connectivity index (χ0n) is 5.30. The Hall–Kier alpha value is 0.790. The van der Waals surface area contributed by atoms with Crippen molar-refractivity contribution in [3.8, 4) is 0 Å². The fourth-order valence-electron chi connectivity index (χ4n) is 0.489. The van der Waals surface area contributed by atoms with Gasteiger partial charge in [-0.15, -0.1) is 23.2 Å². The highest BCUT2D eigenvalue weighted by Crippen LogP contribution is 2.12. The lowest BCUT2D eigenvalue weighted by Crippen LogP contribution is -2.37. The van der Waals surface area contributed by atoms with Crippen LogP contribution in [0.5, 0.6) is 0 Å². The molecule has 0 aliphatic heterocycles. The molecule has 0 aromatic rings. The van der Waals surface area contributed by atoms with Gasteiger partial charge in [0.15, 0.2) is 0 Å². The Bertz CT molecular complexity index is 91.0. The molecule has 0 heterocycles. The summed E-state index contributed by atoms with van der Waals surface area (Å²) in [5.74, 6) is 0.425. The fraction of sp³-hybridized carbons (Fsp3) is 1.00. The Balaban J connectivity index is 3.58. The second kappa shape index (κ2) is 5.44. The summed E-state index contributed by atoms with van der Waals surface area (Å²) in [5.41, 5.74) is 4.37. The molecule has 0 saturated carbocycles. The van der Waals surface area contributed by atoms with Crippen LogP contribution in [0.15, 0.2) is 0 Å². The lowest BCUT2D eigenvalue weighted by Gasteiger charge is -2.17. The minimum absolute atomic E-state index is 0.341. The normalized spacial score (nSPS) is 20.1. The maximum Gasteiger partial charge on any atom is 0.145 e. The second-order valence-electron chi connectivity index (χ2n) is 1.96. The van der Waals surface area contributed by atoms with E-state index in [4.69, 9.17) is 45.6 Å². The summed E-state index contributed by atoms with van der Waals surface area (Å²) in [4.78, 5) is 0. The molecular formula is C5H10Cl3NO. The molecule has 0 aliphatic carbocycles. The average molecular weight is 207 g/mol. The smallest absolute Gasteiger partial charge is 0.145 e. The van der Waals surface area contributed by atoms with Gasteiger partial charge in [0.1, 0.15) is 5.56 Å². The molecule has 3 unspecified atom stereocenters. The third kappa shape index (κ3) is 3.84. The van der Waals surface area contributed by atoms with E-state index in [1.165, 1.54) is 0 Å². The molecule has 5 heteroatoms. The first kappa shape index (κ1) is 10.8. The molecule has 0 amide bonds. The van der Waals surface area contributed by atoms with Crippen molar-refractivity contribution in [3.05, 3.63) is 0 Å². The summed E-state index contributed by atoms with van der Waals surface area (Å²) in [6.07, 6.45) is 0.555. The third-order valence-electron chi connectivity index (χ3n) is 1.11. The van der Waals surface area contributed by atoms with Gasteiger partial charge in [0.05, 0.1) is 5.38 Å². The van der Waals surface area contributed by atoms with Gasteiger partial charge in [-0.1, -0.05) is 11.6 Å². The van der Waals surface area contributed by atoms with E-state index in [1.54, 1.807) is 0 Å². The number of aliphatic hydroxyl groups is 1. The van der Waals surface area contributed by atoms with Crippen LogP contribution in [0.4, 0.5) is 0 Å². The van der Waals surface area contributed by atoms with Crippen LogP contribution in [0.25, 0.3) is 0 Å². The second-order valence-corrected chi connectivity index (χ2v) is 3.29. The molecule has 0 aliphatic rings. The van der Waals surface area contributed by atoms with Crippen LogP contribution in [0.2, 0.25) is 0 Å². The molecule has 2 nitrogen and oxygen atoms in total. The first-order chi connectivity index (χ1) is 4.59. The number of hydrogen-bond acceptors (Lipinski definition) is 2. The molecule has 0 radical (unpaired) electrons. The largest absolute Gasteiger partial charge is 0.376 e. The molecule has 0 saturated heterocycles. The van der Waals surface area contributed by atoms with E-state index < -0.39 is 10.9 Å². The number of aliphatic hydroxyl groups excluding tert-OH is 1. The third-order valence-corrected chi connectivity index (χ3v) is 2.30. The summed E-state index contributed by atoms with van der Waals surface area (Å²) >= 11 is 16.2. The molecule has 0 bridgehead atoms. The van der Waals surface area contributed by atoms with Crippen molar-refractivity contribution >= 4 is 34.8 Å². The predicted octanol–water partition coefficient (Wildman–Crippen LogP) is 1.11. The topological polar surface area (TPSA) is 46.2 Å². The summed E-state index contributed by atoms with van der Waals surface area (Å²) < 4.78 is 0. The monoisotopic (exact) mass is 205 g/mol. The SMILES string of the molecule is NC(CCCl)C(Cl)C(O)Cl. The Kier molecular flexibility index (Phi) is 5.87. The van der Waals surface area contributed by atoms with Gasteiger partial charge < -0.3 is 10.8 Å². The molecule has 0 aromatic carbocycles. The van der Waals surface area contributed by atoms with Crippen molar-refractivity contribution in [1.29, 1.82) is 0 Å². The highest BCUT2D eigenvalue weighted by Gasteiger charge is 2.20. The van der Waals surface area contributed by atoms with Gasteiger partial charge in [0, 0.05) is 11.9 Å². The summed E-state index contributed by atoms with van der Waals surface area (Å²) in [6, 6.07) is -0.341. The van der Waals surface area contributed by atoms with E-state index in [0.29, 0.717) is 12.3 Å². The van der Waals surface area contributed by atoms with Crippen LogP contribution in [-0.2, 0) is 0 Å². The summed E-state index contributed by atoms with van der Waals surface area (Å²) in [7, 11) is 0. The summed E-state index contributed by atoms with van der Waals surface area (Å²) in [6.45, 7) is 0. The van der Waals surface area contributed by atoms with Gasteiger partial charge in [-0.2, -0.15) is 0 Å². The molecule has 3 N–H and O–H groups in total. The molecule has 3 atom stereocenters. The van der Waals surface area contributed by atoms with Gasteiger partial charge in [-0.25, -0.2) is 0 Å². The van der Waals surface area contributed by atoms with Crippen LogP contribution in [-0.4, -0.2) is 28.0 Å². The van der Waals surface area contributed by atoms with Crippen LogP contribution < -0.4 is 5.73 Å². The van der Waals surface area contributed by atoms with Gasteiger partial charge in [-0.3, -0.25) is 0 Å². The Morgan fingerprint density at radius 2 is 1.90 bits per heavy atom. The van der Waals surface area contributed by atoms with Crippen LogP contribution in [0.1, 0.15) is 6.42 Å². The Morgan fingerprint density at radius 1 is 1.40 bits per heavy atom. The zero-order valence-corrected chi connectivity index (χ0v) is 7.57. The maximum absolute atomic E-state index is 8.73. The average Bonchev–Trinajstić information content (AvgIpc) is 1.87. The van der Waals surface area contributed by atoms with Gasteiger partial charge in [-0.05, 0) is 6.42 Å². The number of rotatable bonds is 4. The number of halogens is 3. The molecule has 0 aromatic heterocycles. The minimum Gasteiger partial charge on any atom is -0.376 e. The molecule has 0 fully saturated rings. The van der Waals surface area contributed by atoms with Crippen LogP contribution in [0, 0.1) is 0 Å². The molecular weight excluding hydrogens is 196 g/mol. The van der Waals surface area contributed by atoms with Gasteiger partial charge in [0.2, 0.25) is 0 Å². The molecule has 10 heavy (non-hydrogen) atoms. The highest BCUT2D eigenvalue weighted by molar-refractivity contribution is 6.29. The van der Waals surface area contributed by atoms with Crippen molar-refractivity contribution in [2.45, 2.75) is 23.4 Å². The van der Waals surface area contributed by atoms with E-state index >= 15 is 0 Å². The minimum atomic E-state index is -1.10. The van der Waals surface area contributed by atoms with E-state index in [9.17, 15) is 0 Å². The lowest BCUT2D eigenvalue weighted by molar-refractivity contribution is 0.237. The Morgan fingerprint density at radius 3 is 2.20 bits per heavy atom. The maximum atomic E-state index is 8.73. The van der Waals surface area contributed by atoms with Gasteiger partial charge >= 0.3 is 0 Å².